The summed E-state index contributed by atoms with van der Waals surface area (Å²) in [6.45, 7) is 17.2. The minimum atomic E-state index is -0.140. The number of amides is 1. The standard InChI is InChI=1S/C16H33NO/c1-9-12(3)13(11-16(7,8)10-2)14(18)17-15(4,5)6/h12-13H,9-11H2,1-8H3,(H,17,18). The van der Waals surface area contributed by atoms with Crippen LogP contribution >= 0.6 is 0 Å². The Labute approximate surface area is 114 Å². The highest BCUT2D eigenvalue weighted by Crippen LogP contribution is 2.33. The highest BCUT2D eigenvalue weighted by molar-refractivity contribution is 5.79. The second-order valence-electron chi connectivity index (χ2n) is 7.45. The Morgan fingerprint density at radius 2 is 1.61 bits per heavy atom. The van der Waals surface area contributed by atoms with Crippen LogP contribution in [0.3, 0.4) is 0 Å². The zero-order valence-corrected chi connectivity index (χ0v) is 13.7. The fraction of sp³-hybridized carbons (Fsp3) is 0.938. The first-order valence-corrected chi connectivity index (χ1v) is 7.34. The average molecular weight is 255 g/mol. The number of hydrogen-bond acceptors (Lipinski definition) is 1. The van der Waals surface area contributed by atoms with Crippen LogP contribution in [0.2, 0.25) is 0 Å². The van der Waals surface area contributed by atoms with Gasteiger partial charge in [-0.2, -0.15) is 0 Å². The lowest BCUT2D eigenvalue weighted by Crippen LogP contribution is -2.46. The monoisotopic (exact) mass is 255 g/mol. The molecule has 0 fully saturated rings. The van der Waals surface area contributed by atoms with E-state index < -0.39 is 0 Å². The van der Waals surface area contributed by atoms with Gasteiger partial charge in [-0.25, -0.2) is 0 Å². The maximum atomic E-state index is 12.4. The van der Waals surface area contributed by atoms with Crippen molar-refractivity contribution in [1.82, 2.24) is 5.32 Å². The van der Waals surface area contributed by atoms with Gasteiger partial charge in [-0.1, -0.05) is 47.5 Å². The first-order chi connectivity index (χ1) is 8.02. The van der Waals surface area contributed by atoms with Gasteiger partial charge >= 0.3 is 0 Å². The lowest BCUT2D eigenvalue weighted by atomic mass is 9.75. The highest BCUT2D eigenvalue weighted by atomic mass is 16.2. The zero-order chi connectivity index (χ0) is 14.6. The van der Waals surface area contributed by atoms with E-state index in [0.717, 1.165) is 19.3 Å². The van der Waals surface area contributed by atoms with Crippen molar-refractivity contribution in [3.8, 4) is 0 Å². The van der Waals surface area contributed by atoms with Crippen molar-refractivity contribution in [1.29, 1.82) is 0 Å². The van der Waals surface area contributed by atoms with Gasteiger partial charge in [0.25, 0.3) is 0 Å². The van der Waals surface area contributed by atoms with Crippen LogP contribution in [0.1, 0.15) is 74.7 Å². The molecule has 0 aliphatic carbocycles. The fourth-order valence-corrected chi connectivity index (χ4v) is 2.04. The Kier molecular flexibility index (Phi) is 6.39. The van der Waals surface area contributed by atoms with E-state index in [4.69, 9.17) is 0 Å². The van der Waals surface area contributed by atoms with Crippen LogP contribution in [0.5, 0.6) is 0 Å². The second-order valence-corrected chi connectivity index (χ2v) is 7.45. The van der Waals surface area contributed by atoms with Crippen molar-refractivity contribution in [3.63, 3.8) is 0 Å². The number of hydrogen-bond donors (Lipinski definition) is 1. The maximum Gasteiger partial charge on any atom is 0.223 e. The largest absolute Gasteiger partial charge is 0.351 e. The molecule has 2 atom stereocenters. The van der Waals surface area contributed by atoms with Gasteiger partial charge in [0.05, 0.1) is 0 Å². The van der Waals surface area contributed by atoms with Gasteiger partial charge in [-0.15, -0.1) is 0 Å². The molecule has 2 nitrogen and oxygen atoms in total. The number of carbonyl (C=O) groups excluding carboxylic acids is 1. The van der Waals surface area contributed by atoms with Gasteiger partial charge in [0.1, 0.15) is 0 Å². The molecule has 0 rings (SSSR count). The molecule has 1 amide bonds. The molecule has 2 heteroatoms. The molecular formula is C16H33NO. The maximum absolute atomic E-state index is 12.4. The molecule has 0 aliphatic heterocycles. The van der Waals surface area contributed by atoms with Crippen LogP contribution in [0.25, 0.3) is 0 Å². The molecule has 0 aliphatic rings. The quantitative estimate of drug-likeness (QED) is 0.749. The Bertz CT molecular complexity index is 263. The number of nitrogens with one attached hydrogen (secondary N) is 1. The minimum Gasteiger partial charge on any atom is -0.351 e. The molecule has 0 aromatic heterocycles. The number of carbonyl (C=O) groups is 1. The van der Waals surface area contributed by atoms with E-state index in [2.05, 4.69) is 39.9 Å². The molecule has 108 valence electrons. The van der Waals surface area contributed by atoms with Crippen LogP contribution in [-0.2, 0) is 4.79 Å². The van der Waals surface area contributed by atoms with E-state index in [1.807, 2.05) is 20.8 Å². The molecule has 0 saturated carbocycles. The Morgan fingerprint density at radius 3 is 1.94 bits per heavy atom. The summed E-state index contributed by atoms with van der Waals surface area (Å²) in [5, 5.41) is 3.14. The molecule has 0 radical (unpaired) electrons. The predicted octanol–water partition coefficient (Wildman–Crippen LogP) is 4.39. The van der Waals surface area contributed by atoms with Crippen molar-refractivity contribution < 1.29 is 4.79 Å². The molecule has 18 heavy (non-hydrogen) atoms. The molecule has 1 N–H and O–H groups in total. The summed E-state index contributed by atoms with van der Waals surface area (Å²) in [5.41, 5.74) is 0.0997. The molecule has 0 aromatic carbocycles. The number of rotatable bonds is 6. The van der Waals surface area contributed by atoms with E-state index in [9.17, 15) is 4.79 Å². The fourth-order valence-electron chi connectivity index (χ4n) is 2.04. The van der Waals surface area contributed by atoms with Crippen LogP contribution < -0.4 is 5.32 Å². The summed E-state index contributed by atoms with van der Waals surface area (Å²) in [6, 6.07) is 0. The van der Waals surface area contributed by atoms with E-state index in [0.29, 0.717) is 5.92 Å². The first kappa shape index (κ1) is 17.5. The van der Waals surface area contributed by atoms with Crippen molar-refractivity contribution in [2.24, 2.45) is 17.3 Å². The van der Waals surface area contributed by atoms with E-state index in [1.54, 1.807) is 0 Å². The lowest BCUT2D eigenvalue weighted by molar-refractivity contribution is -0.129. The molecule has 0 heterocycles. The third kappa shape index (κ3) is 6.42. The first-order valence-electron chi connectivity index (χ1n) is 7.34. The summed E-state index contributed by atoms with van der Waals surface area (Å²) in [7, 11) is 0. The highest BCUT2D eigenvalue weighted by Gasteiger charge is 2.31. The van der Waals surface area contributed by atoms with Gasteiger partial charge in [-0.05, 0) is 38.5 Å². The topological polar surface area (TPSA) is 29.1 Å². The average Bonchev–Trinajstić information content (AvgIpc) is 2.22. The molecule has 0 aromatic rings. The van der Waals surface area contributed by atoms with Gasteiger partial charge in [0.15, 0.2) is 0 Å². The van der Waals surface area contributed by atoms with Crippen LogP contribution in [-0.4, -0.2) is 11.4 Å². The summed E-state index contributed by atoms with van der Waals surface area (Å²) >= 11 is 0. The molecule has 0 saturated heterocycles. The third-order valence-electron chi connectivity index (χ3n) is 3.90. The van der Waals surface area contributed by atoms with Gasteiger partial charge in [-0.3, -0.25) is 4.79 Å². The van der Waals surface area contributed by atoms with E-state index in [1.165, 1.54) is 0 Å². The van der Waals surface area contributed by atoms with Crippen LogP contribution in [0, 0.1) is 17.3 Å². The Hall–Kier alpha value is -0.530. The van der Waals surface area contributed by atoms with Crippen molar-refractivity contribution in [2.45, 2.75) is 80.2 Å². The van der Waals surface area contributed by atoms with Crippen molar-refractivity contribution in [2.75, 3.05) is 0 Å². The van der Waals surface area contributed by atoms with Crippen LogP contribution in [0.4, 0.5) is 0 Å². The minimum absolute atomic E-state index is 0.129. The lowest BCUT2D eigenvalue weighted by Gasteiger charge is -2.33. The Morgan fingerprint density at radius 1 is 1.11 bits per heavy atom. The van der Waals surface area contributed by atoms with Crippen molar-refractivity contribution >= 4 is 5.91 Å². The molecule has 0 spiro atoms. The van der Waals surface area contributed by atoms with E-state index in [-0.39, 0.29) is 22.8 Å². The molecule has 2 unspecified atom stereocenters. The summed E-state index contributed by atoms with van der Waals surface area (Å²) in [5.74, 6) is 0.792. The van der Waals surface area contributed by atoms with Gasteiger partial charge in [0, 0.05) is 11.5 Å². The SMILES string of the molecule is CCC(C)C(CC(C)(C)CC)C(=O)NC(C)(C)C. The van der Waals surface area contributed by atoms with E-state index >= 15 is 0 Å². The molecular weight excluding hydrogens is 222 g/mol. The predicted molar refractivity (Wildman–Crippen MR) is 79.5 cm³/mol. The van der Waals surface area contributed by atoms with Crippen molar-refractivity contribution in [3.05, 3.63) is 0 Å². The van der Waals surface area contributed by atoms with Crippen LogP contribution in [0.15, 0.2) is 0 Å². The summed E-state index contributed by atoms with van der Waals surface area (Å²) < 4.78 is 0. The van der Waals surface area contributed by atoms with Gasteiger partial charge < -0.3 is 5.32 Å². The zero-order valence-electron chi connectivity index (χ0n) is 13.7. The normalized spacial score (nSPS) is 16.2. The summed E-state index contributed by atoms with van der Waals surface area (Å²) in [6.07, 6.45) is 3.14. The molecule has 0 bridgehead atoms. The second kappa shape index (κ2) is 6.58. The van der Waals surface area contributed by atoms with Gasteiger partial charge in [0.2, 0.25) is 5.91 Å². The Balaban J connectivity index is 4.84. The third-order valence-corrected chi connectivity index (χ3v) is 3.90. The smallest absolute Gasteiger partial charge is 0.223 e. The summed E-state index contributed by atoms with van der Waals surface area (Å²) in [4.78, 5) is 12.4.